The summed E-state index contributed by atoms with van der Waals surface area (Å²) in [5.74, 6) is -0.462. The average molecular weight is 403 g/mol. The number of ether oxygens (including phenoxy) is 1. The Morgan fingerprint density at radius 2 is 1.93 bits per heavy atom. The molecule has 1 atom stereocenters. The molecule has 0 radical (unpaired) electrons. The van der Waals surface area contributed by atoms with Crippen molar-refractivity contribution in [3.05, 3.63) is 59.9 Å². The maximum Gasteiger partial charge on any atom is 0.324 e. The van der Waals surface area contributed by atoms with Crippen LogP contribution in [-0.2, 0) is 26.0 Å². The van der Waals surface area contributed by atoms with E-state index in [-0.39, 0.29) is 11.5 Å². The van der Waals surface area contributed by atoms with Gasteiger partial charge in [-0.1, -0.05) is 24.3 Å². The second kappa shape index (κ2) is 9.30. The molecular formula is C21H26N2O4S. The first-order valence-corrected chi connectivity index (χ1v) is 11.1. The predicted octanol–water partition coefficient (Wildman–Crippen LogP) is 3.11. The molecule has 6 nitrogen and oxygen atoms in total. The summed E-state index contributed by atoms with van der Waals surface area (Å²) in [5.41, 5.74) is 1.92. The lowest BCUT2D eigenvalue weighted by Crippen LogP contribution is -2.48. The largest absolute Gasteiger partial charge is 0.464 e. The van der Waals surface area contributed by atoms with Crippen LogP contribution in [-0.4, -0.2) is 42.9 Å². The van der Waals surface area contributed by atoms with Gasteiger partial charge in [0.05, 0.1) is 11.5 Å². The Kier molecular flexibility index (Phi) is 6.80. The van der Waals surface area contributed by atoms with Gasteiger partial charge in [-0.2, -0.15) is 4.31 Å². The Labute approximate surface area is 166 Å². The predicted molar refractivity (Wildman–Crippen MR) is 106 cm³/mol. The molecule has 7 heteroatoms. The Morgan fingerprint density at radius 3 is 2.68 bits per heavy atom. The second-order valence-electron chi connectivity index (χ2n) is 6.98. The minimum atomic E-state index is -3.71. The number of benzene rings is 1. The number of carbonyl (C=O) groups is 1. The molecule has 0 saturated carbocycles. The van der Waals surface area contributed by atoms with Crippen molar-refractivity contribution in [3.8, 4) is 0 Å². The first kappa shape index (κ1) is 20.5. The number of rotatable bonds is 7. The van der Waals surface area contributed by atoms with Gasteiger partial charge < -0.3 is 4.74 Å². The van der Waals surface area contributed by atoms with Gasteiger partial charge in [0.2, 0.25) is 10.0 Å². The molecule has 0 aliphatic carbocycles. The quantitative estimate of drug-likeness (QED) is 0.525. The zero-order valence-electron chi connectivity index (χ0n) is 16.1. The van der Waals surface area contributed by atoms with E-state index in [0.29, 0.717) is 25.8 Å². The van der Waals surface area contributed by atoms with Crippen molar-refractivity contribution < 1.29 is 17.9 Å². The monoisotopic (exact) mass is 402 g/mol. The molecule has 1 aromatic carbocycles. The summed E-state index contributed by atoms with van der Waals surface area (Å²) in [4.78, 5) is 17.2. The third kappa shape index (κ3) is 4.97. The van der Waals surface area contributed by atoms with Gasteiger partial charge >= 0.3 is 5.97 Å². The van der Waals surface area contributed by atoms with Crippen LogP contribution < -0.4 is 0 Å². The number of sulfonamides is 1. The van der Waals surface area contributed by atoms with Crippen LogP contribution >= 0.6 is 0 Å². The molecule has 28 heavy (non-hydrogen) atoms. The lowest BCUT2D eigenvalue weighted by molar-refractivity contribution is -0.149. The van der Waals surface area contributed by atoms with Gasteiger partial charge in [-0.05, 0) is 63.3 Å². The van der Waals surface area contributed by atoms with Crippen molar-refractivity contribution in [2.75, 3.05) is 13.2 Å². The fourth-order valence-electron chi connectivity index (χ4n) is 3.42. The van der Waals surface area contributed by atoms with Gasteiger partial charge in [-0.15, -0.1) is 0 Å². The van der Waals surface area contributed by atoms with Gasteiger partial charge in [0.25, 0.3) is 0 Å². The molecule has 0 N–H and O–H groups in total. The van der Waals surface area contributed by atoms with Crippen LogP contribution in [0.5, 0.6) is 0 Å². The van der Waals surface area contributed by atoms with E-state index in [1.54, 1.807) is 30.3 Å². The summed E-state index contributed by atoms with van der Waals surface area (Å²) in [6.07, 6.45) is 3.42. The molecule has 2 heterocycles. The third-order valence-electron chi connectivity index (χ3n) is 4.84. The Hall–Kier alpha value is -2.25. The van der Waals surface area contributed by atoms with Gasteiger partial charge in [0.1, 0.15) is 6.04 Å². The maximum atomic E-state index is 13.0. The number of carbonyl (C=O) groups excluding carboxylic acids is 1. The molecule has 2 aromatic rings. The standard InChI is InChI=1S/C21H26N2O4S/c1-17-9-7-10-18(22-17)11-8-16-27-21(24)20-14-5-6-15-23(20)28(25,26)19-12-3-2-4-13-19/h2-4,7,9-10,12-13,20H,5-6,8,11,14-16H2,1H3. The summed E-state index contributed by atoms with van der Waals surface area (Å²) in [6, 6.07) is 13.3. The SMILES string of the molecule is Cc1cccc(CCCOC(=O)C2CCCCN2S(=O)(=O)c2ccccc2)n1. The van der Waals surface area contributed by atoms with E-state index >= 15 is 0 Å². The van der Waals surface area contributed by atoms with Crippen molar-refractivity contribution >= 4 is 16.0 Å². The molecule has 1 saturated heterocycles. The minimum Gasteiger partial charge on any atom is -0.464 e. The van der Waals surface area contributed by atoms with Crippen LogP contribution in [0.15, 0.2) is 53.4 Å². The van der Waals surface area contributed by atoms with Gasteiger partial charge in [-0.25, -0.2) is 8.42 Å². The van der Waals surface area contributed by atoms with Crippen molar-refractivity contribution in [2.45, 2.75) is 50.0 Å². The van der Waals surface area contributed by atoms with Gasteiger partial charge in [0, 0.05) is 17.9 Å². The van der Waals surface area contributed by atoms with E-state index < -0.39 is 22.0 Å². The van der Waals surface area contributed by atoms with Crippen molar-refractivity contribution in [3.63, 3.8) is 0 Å². The summed E-state index contributed by atoms with van der Waals surface area (Å²) in [5, 5.41) is 0. The van der Waals surface area contributed by atoms with E-state index in [4.69, 9.17) is 4.74 Å². The minimum absolute atomic E-state index is 0.209. The van der Waals surface area contributed by atoms with E-state index in [9.17, 15) is 13.2 Å². The molecule has 1 aliphatic heterocycles. The normalized spacial score (nSPS) is 18.0. The number of nitrogens with zero attached hydrogens (tertiary/aromatic N) is 2. The smallest absolute Gasteiger partial charge is 0.324 e. The summed E-state index contributed by atoms with van der Waals surface area (Å²) in [7, 11) is -3.71. The number of aromatic nitrogens is 1. The zero-order chi connectivity index (χ0) is 20.0. The summed E-state index contributed by atoms with van der Waals surface area (Å²) >= 11 is 0. The zero-order valence-corrected chi connectivity index (χ0v) is 16.9. The van der Waals surface area contributed by atoms with Crippen LogP contribution in [0.4, 0.5) is 0 Å². The fourth-order valence-corrected chi connectivity index (χ4v) is 5.08. The molecule has 0 amide bonds. The van der Waals surface area contributed by atoms with E-state index in [2.05, 4.69) is 4.98 Å². The molecule has 1 aromatic heterocycles. The second-order valence-corrected chi connectivity index (χ2v) is 8.87. The van der Waals surface area contributed by atoms with Crippen LogP contribution in [0, 0.1) is 6.92 Å². The Morgan fingerprint density at radius 1 is 1.14 bits per heavy atom. The first-order valence-electron chi connectivity index (χ1n) is 9.64. The fraction of sp³-hybridized carbons (Fsp3) is 0.429. The molecular weight excluding hydrogens is 376 g/mol. The number of pyridine rings is 1. The highest BCUT2D eigenvalue weighted by Crippen LogP contribution is 2.26. The lowest BCUT2D eigenvalue weighted by Gasteiger charge is -2.33. The Bertz CT molecular complexity index is 900. The van der Waals surface area contributed by atoms with Crippen molar-refractivity contribution in [1.29, 1.82) is 0 Å². The molecule has 0 bridgehead atoms. The molecule has 150 valence electrons. The van der Waals surface area contributed by atoms with E-state index in [1.807, 2.05) is 25.1 Å². The number of aryl methyl sites for hydroxylation is 2. The topological polar surface area (TPSA) is 76.6 Å². The molecule has 1 fully saturated rings. The van der Waals surface area contributed by atoms with Crippen molar-refractivity contribution in [2.24, 2.45) is 0 Å². The highest BCUT2D eigenvalue weighted by molar-refractivity contribution is 7.89. The van der Waals surface area contributed by atoms with Gasteiger partial charge in [0.15, 0.2) is 0 Å². The van der Waals surface area contributed by atoms with E-state index in [0.717, 1.165) is 24.2 Å². The Balaban J connectivity index is 1.59. The highest BCUT2D eigenvalue weighted by Gasteiger charge is 2.38. The van der Waals surface area contributed by atoms with Gasteiger partial charge in [-0.3, -0.25) is 9.78 Å². The number of hydrogen-bond acceptors (Lipinski definition) is 5. The first-order chi connectivity index (χ1) is 13.5. The van der Waals surface area contributed by atoms with Crippen LogP contribution in [0.25, 0.3) is 0 Å². The number of piperidine rings is 1. The van der Waals surface area contributed by atoms with E-state index in [1.165, 1.54) is 4.31 Å². The number of esters is 1. The third-order valence-corrected chi connectivity index (χ3v) is 6.77. The molecule has 0 spiro atoms. The van der Waals surface area contributed by atoms with Crippen LogP contribution in [0.2, 0.25) is 0 Å². The van der Waals surface area contributed by atoms with Crippen LogP contribution in [0.1, 0.15) is 37.1 Å². The summed E-state index contributed by atoms with van der Waals surface area (Å²) < 4.78 is 32.6. The summed E-state index contributed by atoms with van der Waals surface area (Å²) in [6.45, 7) is 2.53. The molecule has 1 unspecified atom stereocenters. The van der Waals surface area contributed by atoms with Crippen LogP contribution in [0.3, 0.4) is 0 Å². The van der Waals surface area contributed by atoms with Crippen molar-refractivity contribution in [1.82, 2.24) is 9.29 Å². The average Bonchev–Trinajstić information content (AvgIpc) is 2.72. The molecule has 1 aliphatic rings. The number of hydrogen-bond donors (Lipinski definition) is 0. The molecule has 3 rings (SSSR count). The maximum absolute atomic E-state index is 13.0. The lowest BCUT2D eigenvalue weighted by atomic mass is 10.1. The highest BCUT2D eigenvalue weighted by atomic mass is 32.2.